The third kappa shape index (κ3) is 4.76. The quantitative estimate of drug-likeness (QED) is 0.256. The fourth-order valence-electron chi connectivity index (χ4n) is 2.74. The molecular weight excluding hydrogens is 420 g/mol. The van der Waals surface area contributed by atoms with Crippen molar-refractivity contribution in [1.82, 2.24) is 0 Å². The molecule has 0 radical (unpaired) electrons. The van der Waals surface area contributed by atoms with Crippen LogP contribution in [0, 0.1) is 20.2 Å². The molecule has 32 heavy (non-hydrogen) atoms. The predicted molar refractivity (Wildman–Crippen MR) is 117 cm³/mol. The van der Waals surface area contributed by atoms with Gasteiger partial charge in [-0.1, -0.05) is 0 Å². The summed E-state index contributed by atoms with van der Waals surface area (Å²) in [6.45, 7) is 0. The average molecular weight is 436 g/mol. The Morgan fingerprint density at radius 3 is 1.31 bits per heavy atom. The highest BCUT2D eigenvalue weighted by Gasteiger charge is 2.16. The molecule has 0 aliphatic carbocycles. The van der Waals surface area contributed by atoms with Crippen molar-refractivity contribution >= 4 is 45.9 Å². The number of nitro groups is 2. The van der Waals surface area contributed by atoms with Gasteiger partial charge < -0.3 is 22.1 Å². The van der Waals surface area contributed by atoms with E-state index < -0.39 is 21.7 Å². The minimum atomic E-state index is -0.659. The Morgan fingerprint density at radius 2 is 1.00 bits per heavy atom. The maximum absolute atomic E-state index is 12.4. The van der Waals surface area contributed by atoms with Crippen molar-refractivity contribution in [2.75, 3.05) is 22.1 Å². The number of nitrogens with two attached hydrogens (primary N) is 2. The van der Waals surface area contributed by atoms with Gasteiger partial charge in [0, 0.05) is 34.6 Å². The van der Waals surface area contributed by atoms with E-state index in [0.717, 1.165) is 12.1 Å². The van der Waals surface area contributed by atoms with Crippen LogP contribution < -0.4 is 22.1 Å². The molecule has 0 spiro atoms. The van der Waals surface area contributed by atoms with Gasteiger partial charge in [-0.15, -0.1) is 0 Å². The van der Waals surface area contributed by atoms with Crippen molar-refractivity contribution in [1.29, 1.82) is 0 Å². The van der Waals surface area contributed by atoms with Crippen molar-refractivity contribution in [3.05, 3.63) is 92.0 Å². The van der Waals surface area contributed by atoms with Crippen LogP contribution in [0.2, 0.25) is 0 Å². The largest absolute Gasteiger partial charge is 0.393 e. The molecule has 0 aliphatic rings. The molecule has 12 nitrogen and oxygen atoms in total. The zero-order valence-electron chi connectivity index (χ0n) is 16.3. The van der Waals surface area contributed by atoms with Crippen LogP contribution in [0.3, 0.4) is 0 Å². The zero-order valence-corrected chi connectivity index (χ0v) is 16.3. The molecule has 0 aromatic heterocycles. The third-order valence-electron chi connectivity index (χ3n) is 4.38. The molecule has 162 valence electrons. The van der Waals surface area contributed by atoms with Gasteiger partial charge in [-0.3, -0.25) is 29.8 Å². The predicted octanol–water partition coefficient (Wildman–Crippen LogP) is 3.17. The maximum atomic E-state index is 12.4. The van der Waals surface area contributed by atoms with E-state index in [0.29, 0.717) is 0 Å². The van der Waals surface area contributed by atoms with Crippen molar-refractivity contribution in [3.63, 3.8) is 0 Å². The summed E-state index contributed by atoms with van der Waals surface area (Å²) in [4.78, 5) is 45.4. The highest BCUT2D eigenvalue weighted by molar-refractivity contribution is 6.07. The summed E-state index contributed by atoms with van der Waals surface area (Å²) in [7, 11) is 0. The van der Waals surface area contributed by atoms with E-state index >= 15 is 0 Å². The van der Waals surface area contributed by atoms with Crippen LogP contribution >= 0.6 is 0 Å². The van der Waals surface area contributed by atoms with Crippen LogP contribution in [0.4, 0.5) is 34.1 Å². The van der Waals surface area contributed by atoms with Crippen LogP contribution in [0.1, 0.15) is 20.7 Å². The van der Waals surface area contributed by atoms with Gasteiger partial charge in [-0.2, -0.15) is 0 Å². The van der Waals surface area contributed by atoms with Gasteiger partial charge in [0.05, 0.1) is 9.85 Å². The van der Waals surface area contributed by atoms with Crippen LogP contribution in [0.15, 0.2) is 60.7 Å². The van der Waals surface area contributed by atoms with E-state index in [4.69, 9.17) is 11.5 Å². The van der Waals surface area contributed by atoms with Crippen LogP contribution in [0.25, 0.3) is 0 Å². The Labute approximate surface area is 180 Å². The fourth-order valence-corrected chi connectivity index (χ4v) is 2.74. The van der Waals surface area contributed by atoms with Gasteiger partial charge in [-0.25, -0.2) is 0 Å². The second-order valence-electron chi connectivity index (χ2n) is 6.55. The Bertz CT molecular complexity index is 1150. The Kier molecular flexibility index (Phi) is 5.96. The van der Waals surface area contributed by atoms with Crippen molar-refractivity contribution < 1.29 is 19.4 Å². The van der Waals surface area contributed by atoms with E-state index in [2.05, 4.69) is 10.6 Å². The molecule has 0 atom stereocenters. The molecule has 0 bridgehead atoms. The molecule has 0 saturated heterocycles. The normalized spacial score (nSPS) is 10.2. The molecule has 0 fully saturated rings. The number of hydrogen-bond donors (Lipinski definition) is 4. The topological polar surface area (TPSA) is 197 Å². The number of nitrogens with zero attached hydrogens (tertiary/aromatic N) is 2. The first-order valence-corrected chi connectivity index (χ1v) is 8.96. The number of carbonyl (C=O) groups is 2. The van der Waals surface area contributed by atoms with Gasteiger partial charge in [-0.05, 0) is 48.5 Å². The van der Waals surface area contributed by atoms with Gasteiger partial charge in [0.15, 0.2) is 0 Å². The fraction of sp³-hybridized carbons (Fsp3) is 0. The SMILES string of the molecule is Nc1ccc(NC(=O)c2ccc(C(=O)Nc3ccc(N)c([N+](=O)[O-])c3)cc2)cc1[N+](=O)[O-]. The van der Waals surface area contributed by atoms with E-state index in [1.54, 1.807) is 0 Å². The molecule has 3 aromatic carbocycles. The third-order valence-corrected chi connectivity index (χ3v) is 4.38. The first-order valence-electron chi connectivity index (χ1n) is 8.96. The maximum Gasteiger partial charge on any atom is 0.294 e. The smallest absolute Gasteiger partial charge is 0.294 e. The zero-order chi connectivity index (χ0) is 23.4. The molecule has 0 aliphatic heterocycles. The van der Waals surface area contributed by atoms with E-state index in [9.17, 15) is 29.8 Å². The second kappa shape index (κ2) is 8.79. The molecular formula is C20H16N6O6. The summed E-state index contributed by atoms with van der Waals surface area (Å²) in [5.41, 5.74) is 11.1. The van der Waals surface area contributed by atoms with E-state index in [1.165, 1.54) is 48.5 Å². The number of carbonyl (C=O) groups excluding carboxylic acids is 2. The summed E-state index contributed by atoms with van der Waals surface area (Å²) >= 11 is 0. The molecule has 3 rings (SSSR count). The van der Waals surface area contributed by atoms with Crippen molar-refractivity contribution in [2.24, 2.45) is 0 Å². The standard InChI is InChI=1S/C20H16N6O6/c21-15-7-5-13(9-17(15)25(29)30)23-19(27)11-1-2-12(4-3-11)20(28)24-14-6-8-16(22)18(10-14)26(31)32/h1-10H,21-22H2,(H,23,27)(H,24,28). The summed E-state index contributed by atoms with van der Waals surface area (Å²) < 4.78 is 0. The summed E-state index contributed by atoms with van der Waals surface area (Å²) in [6, 6.07) is 13.3. The van der Waals surface area contributed by atoms with E-state index in [-0.39, 0.29) is 45.3 Å². The highest BCUT2D eigenvalue weighted by Crippen LogP contribution is 2.26. The van der Waals surface area contributed by atoms with Gasteiger partial charge in [0.2, 0.25) is 0 Å². The van der Waals surface area contributed by atoms with Crippen molar-refractivity contribution in [2.45, 2.75) is 0 Å². The summed E-state index contributed by atoms with van der Waals surface area (Å²) in [5.74, 6) is -1.10. The molecule has 6 N–H and O–H groups in total. The summed E-state index contributed by atoms with van der Waals surface area (Å²) in [5, 5.41) is 27.0. The van der Waals surface area contributed by atoms with Gasteiger partial charge >= 0.3 is 0 Å². The number of nitro benzene ring substituents is 2. The molecule has 2 amide bonds. The number of rotatable bonds is 6. The molecule has 3 aromatic rings. The summed E-state index contributed by atoms with van der Waals surface area (Å²) in [6.07, 6.45) is 0. The van der Waals surface area contributed by atoms with Crippen molar-refractivity contribution in [3.8, 4) is 0 Å². The van der Waals surface area contributed by atoms with E-state index in [1.807, 2.05) is 0 Å². The average Bonchev–Trinajstić information content (AvgIpc) is 2.76. The van der Waals surface area contributed by atoms with Crippen LogP contribution in [0.5, 0.6) is 0 Å². The van der Waals surface area contributed by atoms with Gasteiger partial charge in [0.25, 0.3) is 23.2 Å². The molecule has 0 saturated carbocycles. The molecule has 12 heteroatoms. The van der Waals surface area contributed by atoms with Crippen LogP contribution in [-0.2, 0) is 0 Å². The lowest BCUT2D eigenvalue weighted by Gasteiger charge is -2.08. The van der Waals surface area contributed by atoms with Crippen LogP contribution in [-0.4, -0.2) is 21.7 Å². The Hall–Kier alpha value is -5.00. The minimum Gasteiger partial charge on any atom is -0.393 e. The lowest BCUT2D eigenvalue weighted by Crippen LogP contribution is -2.14. The minimum absolute atomic E-state index is 0.0326. The number of hydrogen-bond acceptors (Lipinski definition) is 8. The first kappa shape index (κ1) is 21.7. The number of benzene rings is 3. The monoisotopic (exact) mass is 436 g/mol. The molecule has 0 heterocycles. The highest BCUT2D eigenvalue weighted by atomic mass is 16.6. The number of amides is 2. The Morgan fingerprint density at radius 1 is 0.656 bits per heavy atom. The second-order valence-corrected chi connectivity index (χ2v) is 6.55. The number of anilines is 4. The Balaban J connectivity index is 1.70. The lowest BCUT2D eigenvalue weighted by molar-refractivity contribution is -0.384. The van der Waals surface area contributed by atoms with Gasteiger partial charge in [0.1, 0.15) is 11.4 Å². The first-order chi connectivity index (χ1) is 15.2. The molecule has 0 unspecified atom stereocenters. The number of nitrogens with one attached hydrogen (secondary N) is 2. The number of nitrogen functional groups attached to an aromatic ring is 2. The lowest BCUT2D eigenvalue weighted by atomic mass is 10.1.